The highest BCUT2D eigenvalue weighted by Gasteiger charge is 2.03. The Balaban J connectivity index is 1.93. The summed E-state index contributed by atoms with van der Waals surface area (Å²) in [5, 5.41) is 3.33. The van der Waals surface area contributed by atoms with Crippen LogP contribution in [0.3, 0.4) is 0 Å². The van der Waals surface area contributed by atoms with Crippen LogP contribution in [0, 0.1) is 13.8 Å². The number of fused-ring (bicyclic) bond motifs is 1. The number of hydrogen-bond donors (Lipinski definition) is 0. The Labute approximate surface area is 174 Å². The second-order valence-electron chi connectivity index (χ2n) is 7.81. The lowest BCUT2D eigenvalue weighted by molar-refractivity contribution is 0.959. The van der Waals surface area contributed by atoms with Crippen molar-refractivity contribution in [1.29, 1.82) is 0 Å². The Hall–Kier alpha value is -2.93. The summed E-state index contributed by atoms with van der Waals surface area (Å²) in [6.45, 7) is 14.5. The van der Waals surface area contributed by atoms with Crippen LogP contribution >= 0.6 is 0 Å². The molecule has 0 aliphatic carbocycles. The van der Waals surface area contributed by atoms with E-state index in [1.54, 1.807) is 0 Å². The maximum Gasteiger partial charge on any atom is 0.0711 e. The molecule has 0 N–H and O–H groups in total. The van der Waals surface area contributed by atoms with Crippen LogP contribution in [0.5, 0.6) is 0 Å². The number of benzene rings is 2. The van der Waals surface area contributed by atoms with Crippen LogP contribution in [-0.4, -0.2) is 4.98 Å². The predicted molar refractivity (Wildman–Crippen MR) is 127 cm³/mol. The van der Waals surface area contributed by atoms with Crippen LogP contribution in [0.15, 0.2) is 66.9 Å². The lowest BCUT2D eigenvalue weighted by Crippen LogP contribution is -2.25. The summed E-state index contributed by atoms with van der Waals surface area (Å²) in [6.07, 6.45) is 12.4. The molecule has 0 bridgehead atoms. The van der Waals surface area contributed by atoms with Gasteiger partial charge in [-0.05, 0) is 79.6 Å². The molecule has 0 saturated heterocycles. The first-order valence-corrected chi connectivity index (χ1v) is 10.4. The molecule has 29 heavy (non-hydrogen) atoms. The molecule has 2 aromatic carbocycles. The van der Waals surface area contributed by atoms with Crippen LogP contribution in [0.1, 0.15) is 42.0 Å². The zero-order valence-corrected chi connectivity index (χ0v) is 18.0. The van der Waals surface area contributed by atoms with E-state index in [1.165, 1.54) is 38.4 Å². The summed E-state index contributed by atoms with van der Waals surface area (Å²) in [5.41, 5.74) is 7.78. The first-order valence-electron chi connectivity index (χ1n) is 10.4. The molecule has 3 rings (SSSR count). The average molecular weight is 382 g/mol. The van der Waals surface area contributed by atoms with E-state index >= 15 is 0 Å². The Morgan fingerprint density at radius 1 is 1.07 bits per heavy atom. The fourth-order valence-electron chi connectivity index (χ4n) is 3.79. The van der Waals surface area contributed by atoms with Gasteiger partial charge in [0.25, 0.3) is 0 Å². The minimum atomic E-state index is 0.974. The summed E-state index contributed by atoms with van der Waals surface area (Å²) in [4.78, 5) is 4.63. The molecule has 3 aromatic rings. The summed E-state index contributed by atoms with van der Waals surface area (Å²) >= 11 is 0. The molecule has 0 amide bonds. The van der Waals surface area contributed by atoms with Gasteiger partial charge in [-0.25, -0.2) is 0 Å². The molecule has 1 nitrogen and oxygen atoms in total. The highest BCUT2D eigenvalue weighted by molar-refractivity contribution is 5.81. The number of pyridine rings is 1. The lowest BCUT2D eigenvalue weighted by atomic mass is 9.97. The Morgan fingerprint density at radius 2 is 1.90 bits per heavy atom. The quantitative estimate of drug-likeness (QED) is 0.476. The molecule has 0 unspecified atom stereocenters. The fourth-order valence-corrected chi connectivity index (χ4v) is 3.79. The van der Waals surface area contributed by atoms with Gasteiger partial charge in [0.15, 0.2) is 0 Å². The van der Waals surface area contributed by atoms with Crippen LogP contribution in [-0.2, 0) is 12.8 Å². The molecular formula is C28H31N. The number of rotatable bonds is 7. The normalized spacial score (nSPS) is 12.5. The van der Waals surface area contributed by atoms with Crippen molar-refractivity contribution in [2.24, 2.45) is 0 Å². The minimum absolute atomic E-state index is 0.974. The van der Waals surface area contributed by atoms with Crippen molar-refractivity contribution in [2.45, 2.75) is 46.5 Å². The molecule has 1 aromatic heterocycles. The zero-order chi connectivity index (χ0) is 20.8. The molecule has 0 saturated carbocycles. The molecule has 1 heterocycles. The summed E-state index contributed by atoms with van der Waals surface area (Å²) in [7, 11) is 0. The number of hydrogen-bond acceptors (Lipinski definition) is 1. The van der Waals surface area contributed by atoms with Crippen molar-refractivity contribution in [3.05, 3.63) is 99.6 Å². The maximum atomic E-state index is 4.63. The molecule has 0 radical (unpaired) electrons. The molecular weight excluding hydrogens is 350 g/mol. The predicted octanol–water partition coefficient (Wildman–Crippen LogP) is 5.74. The van der Waals surface area contributed by atoms with Gasteiger partial charge in [-0.1, -0.05) is 66.3 Å². The van der Waals surface area contributed by atoms with Gasteiger partial charge in [0, 0.05) is 11.6 Å². The van der Waals surface area contributed by atoms with Gasteiger partial charge in [-0.15, -0.1) is 6.58 Å². The largest absolute Gasteiger partial charge is 0.256 e. The molecule has 0 aliphatic rings. The Bertz CT molecular complexity index is 1160. The van der Waals surface area contributed by atoms with E-state index in [4.69, 9.17) is 0 Å². The Kier molecular flexibility index (Phi) is 6.82. The molecule has 0 atom stereocenters. The number of aromatic nitrogens is 1. The second kappa shape index (κ2) is 9.52. The van der Waals surface area contributed by atoms with E-state index in [-0.39, 0.29) is 0 Å². The highest BCUT2D eigenvalue weighted by atomic mass is 14.6. The summed E-state index contributed by atoms with van der Waals surface area (Å²) < 4.78 is 0. The smallest absolute Gasteiger partial charge is 0.0711 e. The standard InChI is InChI=1S/C28H31N/c1-6-8-9-24-12-15-26-27(22(5)19-29-28(26)18-24)17-23(7-2)11-14-25-13-10-20(3)16-21(25)4/h6-7,10,12-13,15-19H,1,5,8-9,11,14H2,2-4H3/b23-7?,27-17+. The lowest BCUT2D eigenvalue weighted by Gasteiger charge is -2.08. The molecule has 0 fully saturated rings. The minimum Gasteiger partial charge on any atom is -0.256 e. The summed E-state index contributed by atoms with van der Waals surface area (Å²) in [6, 6.07) is 13.3. The fraction of sp³-hybridized carbons (Fsp3) is 0.250. The van der Waals surface area contributed by atoms with Gasteiger partial charge in [0.1, 0.15) is 0 Å². The van der Waals surface area contributed by atoms with Crippen molar-refractivity contribution < 1.29 is 0 Å². The second-order valence-corrected chi connectivity index (χ2v) is 7.81. The maximum absolute atomic E-state index is 4.63. The van der Waals surface area contributed by atoms with E-state index < -0.39 is 0 Å². The third-order valence-electron chi connectivity index (χ3n) is 5.58. The van der Waals surface area contributed by atoms with Crippen molar-refractivity contribution >= 4 is 23.6 Å². The number of nitrogens with zero attached hydrogens (tertiary/aromatic N) is 1. The Morgan fingerprint density at radius 3 is 2.62 bits per heavy atom. The monoisotopic (exact) mass is 381 g/mol. The first kappa shape index (κ1) is 20.8. The first-order chi connectivity index (χ1) is 14.0. The zero-order valence-electron chi connectivity index (χ0n) is 18.0. The van der Waals surface area contributed by atoms with E-state index in [2.05, 4.69) is 87.5 Å². The van der Waals surface area contributed by atoms with Gasteiger partial charge in [0.05, 0.1) is 5.52 Å². The molecule has 0 aliphatic heterocycles. The van der Waals surface area contributed by atoms with Crippen LogP contribution in [0.25, 0.3) is 23.6 Å². The molecule has 0 spiro atoms. The summed E-state index contributed by atoms with van der Waals surface area (Å²) in [5.74, 6) is 0. The van der Waals surface area contributed by atoms with Crippen molar-refractivity contribution in [3.63, 3.8) is 0 Å². The van der Waals surface area contributed by atoms with Crippen molar-refractivity contribution in [3.8, 4) is 0 Å². The van der Waals surface area contributed by atoms with Gasteiger partial charge in [-0.3, -0.25) is 4.98 Å². The van der Waals surface area contributed by atoms with Crippen LogP contribution in [0.2, 0.25) is 0 Å². The number of allylic oxidation sites excluding steroid dienone is 3. The third kappa shape index (κ3) is 5.12. The van der Waals surface area contributed by atoms with E-state index in [0.717, 1.165) is 36.4 Å². The SMILES string of the molecule is C=CCCc1ccc2/c(=C/C(=CC)CCc3ccc(C)cc3C)c(=C)cnc2c1. The van der Waals surface area contributed by atoms with Gasteiger partial charge in [0.2, 0.25) is 0 Å². The molecule has 148 valence electrons. The van der Waals surface area contributed by atoms with Crippen molar-refractivity contribution in [1.82, 2.24) is 4.98 Å². The third-order valence-corrected chi connectivity index (χ3v) is 5.58. The van der Waals surface area contributed by atoms with Crippen LogP contribution < -0.4 is 10.4 Å². The van der Waals surface area contributed by atoms with E-state index in [9.17, 15) is 0 Å². The van der Waals surface area contributed by atoms with Gasteiger partial charge < -0.3 is 0 Å². The molecule has 1 heteroatoms. The topological polar surface area (TPSA) is 12.9 Å². The average Bonchev–Trinajstić information content (AvgIpc) is 2.72. The van der Waals surface area contributed by atoms with Gasteiger partial charge in [-0.2, -0.15) is 0 Å². The van der Waals surface area contributed by atoms with E-state index in [1.807, 2.05) is 12.3 Å². The van der Waals surface area contributed by atoms with Crippen LogP contribution in [0.4, 0.5) is 0 Å². The van der Waals surface area contributed by atoms with Gasteiger partial charge >= 0.3 is 0 Å². The highest BCUT2D eigenvalue weighted by Crippen LogP contribution is 2.17. The van der Waals surface area contributed by atoms with E-state index in [0.29, 0.717) is 0 Å². The number of aryl methyl sites for hydroxylation is 4. The van der Waals surface area contributed by atoms with Crippen molar-refractivity contribution in [2.75, 3.05) is 0 Å².